The van der Waals surface area contributed by atoms with E-state index in [1.165, 1.54) is 0 Å². The van der Waals surface area contributed by atoms with Gasteiger partial charge in [0.15, 0.2) is 0 Å². The minimum atomic E-state index is -0.495. The van der Waals surface area contributed by atoms with Crippen molar-refractivity contribution in [2.45, 2.75) is 45.1 Å². The molecule has 0 radical (unpaired) electrons. The first-order valence-corrected chi connectivity index (χ1v) is 10.3. The Bertz CT molecular complexity index is 858. The van der Waals surface area contributed by atoms with E-state index in [4.69, 9.17) is 4.74 Å². The maximum Gasteiger partial charge on any atom is 0.268 e. The molecule has 152 valence electrons. The highest BCUT2D eigenvalue weighted by molar-refractivity contribution is 9.10. The first-order valence-electron chi connectivity index (χ1n) is 9.47. The molecule has 1 aromatic carbocycles. The SMILES string of the molecule is CC1CN(C)CC(C(=O)NC(C)C(C)NC(=O)c2cc3c(Br)cccc3[nH]2)O1. The van der Waals surface area contributed by atoms with Crippen LogP contribution in [-0.2, 0) is 9.53 Å². The van der Waals surface area contributed by atoms with Gasteiger partial charge in [-0.2, -0.15) is 0 Å². The topological polar surface area (TPSA) is 86.5 Å². The Morgan fingerprint density at radius 1 is 1.25 bits per heavy atom. The van der Waals surface area contributed by atoms with Crippen LogP contribution in [0.25, 0.3) is 10.9 Å². The van der Waals surface area contributed by atoms with Gasteiger partial charge in [0.05, 0.1) is 6.10 Å². The largest absolute Gasteiger partial charge is 0.363 e. The number of carbonyl (C=O) groups is 2. The molecule has 1 saturated heterocycles. The number of benzene rings is 1. The summed E-state index contributed by atoms with van der Waals surface area (Å²) in [6.07, 6.45) is -0.478. The molecule has 4 unspecified atom stereocenters. The van der Waals surface area contributed by atoms with Crippen LogP contribution in [0.15, 0.2) is 28.7 Å². The van der Waals surface area contributed by atoms with E-state index in [0.717, 1.165) is 21.9 Å². The van der Waals surface area contributed by atoms with Crippen LogP contribution in [-0.4, -0.2) is 66.1 Å². The van der Waals surface area contributed by atoms with Crippen molar-refractivity contribution in [2.24, 2.45) is 0 Å². The molecule has 0 bridgehead atoms. The predicted molar refractivity (Wildman–Crippen MR) is 112 cm³/mol. The molecule has 3 rings (SSSR count). The molecule has 0 aliphatic carbocycles. The third kappa shape index (κ3) is 4.74. The number of hydrogen-bond acceptors (Lipinski definition) is 4. The van der Waals surface area contributed by atoms with Crippen molar-refractivity contribution >= 4 is 38.6 Å². The summed E-state index contributed by atoms with van der Waals surface area (Å²) in [6.45, 7) is 7.08. The smallest absolute Gasteiger partial charge is 0.268 e. The predicted octanol–water partition coefficient (Wildman–Crippen LogP) is 2.27. The van der Waals surface area contributed by atoms with Gasteiger partial charge in [0.2, 0.25) is 0 Å². The molecule has 0 spiro atoms. The van der Waals surface area contributed by atoms with Crippen molar-refractivity contribution in [1.29, 1.82) is 0 Å². The molecule has 2 amide bonds. The lowest BCUT2D eigenvalue weighted by Crippen LogP contribution is -2.55. The average Bonchev–Trinajstić information content (AvgIpc) is 3.06. The molecule has 2 aromatic rings. The second-order valence-electron chi connectivity index (χ2n) is 7.60. The van der Waals surface area contributed by atoms with E-state index >= 15 is 0 Å². The Hall–Kier alpha value is -1.90. The highest BCUT2D eigenvalue weighted by Crippen LogP contribution is 2.24. The third-order valence-electron chi connectivity index (χ3n) is 5.07. The van der Waals surface area contributed by atoms with Gasteiger partial charge >= 0.3 is 0 Å². The lowest BCUT2D eigenvalue weighted by molar-refractivity contribution is -0.145. The number of likely N-dealkylation sites (N-methyl/N-ethyl adjacent to an activating group) is 1. The molecule has 1 aliphatic rings. The number of hydrogen-bond donors (Lipinski definition) is 3. The van der Waals surface area contributed by atoms with Gasteiger partial charge in [-0.3, -0.25) is 9.59 Å². The van der Waals surface area contributed by atoms with Gasteiger partial charge in [-0.15, -0.1) is 0 Å². The number of halogens is 1. The fourth-order valence-corrected chi connectivity index (χ4v) is 3.88. The summed E-state index contributed by atoms with van der Waals surface area (Å²) in [7, 11) is 1.98. The lowest BCUT2D eigenvalue weighted by atomic mass is 10.1. The molecule has 0 saturated carbocycles. The highest BCUT2D eigenvalue weighted by atomic mass is 79.9. The fourth-order valence-electron chi connectivity index (χ4n) is 3.40. The first kappa shape index (κ1) is 20.8. The van der Waals surface area contributed by atoms with Crippen LogP contribution >= 0.6 is 15.9 Å². The fraction of sp³-hybridized carbons (Fsp3) is 0.500. The van der Waals surface area contributed by atoms with Crippen LogP contribution < -0.4 is 10.6 Å². The molecule has 1 aliphatic heterocycles. The summed E-state index contributed by atoms with van der Waals surface area (Å²) in [6, 6.07) is 7.10. The number of nitrogens with zero attached hydrogens (tertiary/aromatic N) is 1. The van der Waals surface area contributed by atoms with E-state index in [-0.39, 0.29) is 30.0 Å². The molecule has 4 atom stereocenters. The van der Waals surface area contributed by atoms with Crippen molar-refractivity contribution in [2.75, 3.05) is 20.1 Å². The molecule has 1 fully saturated rings. The number of carbonyl (C=O) groups excluding carboxylic acids is 2. The molecular formula is C20H27BrN4O3. The summed E-state index contributed by atoms with van der Waals surface area (Å²) in [5, 5.41) is 6.86. The minimum absolute atomic E-state index is 0.0169. The standard InChI is InChI=1S/C20H27BrN4O3/c1-11-9-25(4)10-18(28-11)20(27)23-13(3)12(2)22-19(26)17-8-14-15(21)6-5-7-16(14)24-17/h5-8,11-13,18,24H,9-10H2,1-4H3,(H,22,26)(H,23,27). The summed E-state index contributed by atoms with van der Waals surface area (Å²) < 4.78 is 6.68. The number of ether oxygens (including phenoxy) is 1. The summed E-state index contributed by atoms with van der Waals surface area (Å²) in [5.74, 6) is -0.361. The van der Waals surface area contributed by atoms with Gasteiger partial charge in [0, 0.05) is 40.5 Å². The van der Waals surface area contributed by atoms with Crippen LogP contribution in [0.3, 0.4) is 0 Å². The zero-order chi connectivity index (χ0) is 20.4. The Kier molecular flexibility index (Phi) is 6.42. The van der Waals surface area contributed by atoms with Gasteiger partial charge in [-0.1, -0.05) is 22.0 Å². The summed E-state index contributed by atoms with van der Waals surface area (Å²) in [4.78, 5) is 30.4. The number of rotatable bonds is 5. The maximum atomic E-state index is 12.6. The average molecular weight is 451 g/mol. The number of aromatic nitrogens is 1. The number of aromatic amines is 1. The van der Waals surface area contributed by atoms with E-state index in [1.807, 2.05) is 52.1 Å². The summed E-state index contributed by atoms with van der Waals surface area (Å²) in [5.41, 5.74) is 1.37. The Morgan fingerprint density at radius 2 is 1.96 bits per heavy atom. The van der Waals surface area contributed by atoms with E-state index in [0.29, 0.717) is 12.2 Å². The number of H-pyrrole nitrogens is 1. The second kappa shape index (κ2) is 8.63. The van der Waals surface area contributed by atoms with Gasteiger partial charge < -0.3 is 25.3 Å². The van der Waals surface area contributed by atoms with Gasteiger partial charge in [-0.05, 0) is 46.0 Å². The van der Waals surface area contributed by atoms with Crippen LogP contribution in [0.1, 0.15) is 31.3 Å². The minimum Gasteiger partial charge on any atom is -0.363 e. The number of amides is 2. The van der Waals surface area contributed by atoms with Gasteiger partial charge in [-0.25, -0.2) is 0 Å². The Labute approximate surface area is 173 Å². The third-order valence-corrected chi connectivity index (χ3v) is 5.76. The molecule has 1 aromatic heterocycles. The zero-order valence-electron chi connectivity index (χ0n) is 16.6. The van der Waals surface area contributed by atoms with Crippen LogP contribution in [0.4, 0.5) is 0 Å². The van der Waals surface area contributed by atoms with Gasteiger partial charge in [0.1, 0.15) is 11.8 Å². The lowest BCUT2D eigenvalue weighted by Gasteiger charge is -2.34. The van der Waals surface area contributed by atoms with Crippen molar-refractivity contribution in [3.05, 3.63) is 34.4 Å². The molecular weight excluding hydrogens is 424 g/mol. The molecule has 8 heteroatoms. The van der Waals surface area contributed by atoms with Crippen LogP contribution in [0, 0.1) is 0 Å². The molecule has 2 heterocycles. The van der Waals surface area contributed by atoms with Crippen LogP contribution in [0.5, 0.6) is 0 Å². The number of nitrogens with one attached hydrogen (secondary N) is 3. The Balaban J connectivity index is 1.58. The normalized spacial score (nSPS) is 22.6. The van der Waals surface area contributed by atoms with Crippen molar-refractivity contribution in [1.82, 2.24) is 20.5 Å². The second-order valence-corrected chi connectivity index (χ2v) is 8.45. The van der Waals surface area contributed by atoms with E-state index in [2.05, 4.69) is 36.4 Å². The quantitative estimate of drug-likeness (QED) is 0.651. The highest BCUT2D eigenvalue weighted by Gasteiger charge is 2.30. The molecule has 3 N–H and O–H groups in total. The monoisotopic (exact) mass is 450 g/mol. The molecule has 7 nitrogen and oxygen atoms in total. The van der Waals surface area contributed by atoms with Crippen LogP contribution in [0.2, 0.25) is 0 Å². The van der Waals surface area contributed by atoms with Crippen molar-refractivity contribution < 1.29 is 14.3 Å². The van der Waals surface area contributed by atoms with Crippen molar-refractivity contribution in [3.8, 4) is 0 Å². The first-order chi connectivity index (χ1) is 13.2. The summed E-state index contributed by atoms with van der Waals surface area (Å²) >= 11 is 3.49. The zero-order valence-corrected chi connectivity index (χ0v) is 18.2. The van der Waals surface area contributed by atoms with E-state index in [9.17, 15) is 9.59 Å². The van der Waals surface area contributed by atoms with E-state index in [1.54, 1.807) is 0 Å². The number of fused-ring (bicyclic) bond motifs is 1. The van der Waals surface area contributed by atoms with E-state index < -0.39 is 6.10 Å². The van der Waals surface area contributed by atoms with Crippen molar-refractivity contribution in [3.63, 3.8) is 0 Å². The Morgan fingerprint density at radius 3 is 2.64 bits per heavy atom. The molecule has 28 heavy (non-hydrogen) atoms. The maximum absolute atomic E-state index is 12.6. The van der Waals surface area contributed by atoms with Gasteiger partial charge in [0.25, 0.3) is 11.8 Å². The number of morpholine rings is 1.